The number of aliphatic hydroxyl groups excluding tert-OH is 1. The number of halogens is 1. The molecule has 1 aliphatic rings. The van der Waals surface area contributed by atoms with Crippen LogP contribution in [0.1, 0.15) is 19.8 Å². The Morgan fingerprint density at radius 2 is 2.26 bits per heavy atom. The number of carbonyl (C=O) groups excluding carboxylic acids is 1. The number of cyclic esters (lactones) is 1. The van der Waals surface area contributed by atoms with Gasteiger partial charge in [-0.25, -0.2) is 9.18 Å². The standard InChI is InChI=1S/C16H23FN2O3S/c1-2-6-18(7-3-8-23)15-5-4-12(9-14(15)17)19-10-13(11-20)22-16(19)21/h4-5,9,13,20,23H,2-3,6-8,10-11H2,1H3/t13-/m1/s1. The van der Waals surface area contributed by atoms with E-state index in [9.17, 15) is 9.18 Å². The summed E-state index contributed by atoms with van der Waals surface area (Å²) in [5.74, 6) is 0.387. The molecule has 1 N–H and O–H groups in total. The van der Waals surface area contributed by atoms with Crippen LogP contribution in [-0.2, 0) is 4.74 Å². The molecular weight excluding hydrogens is 319 g/mol. The average Bonchev–Trinajstić information content (AvgIpc) is 2.92. The second-order valence-electron chi connectivity index (χ2n) is 5.50. The highest BCUT2D eigenvalue weighted by Crippen LogP contribution is 2.28. The SMILES string of the molecule is CCCN(CCCS)c1ccc(N2C[C@H](CO)OC2=O)cc1F. The van der Waals surface area contributed by atoms with Gasteiger partial charge in [0.1, 0.15) is 11.9 Å². The third-order valence-corrected chi connectivity index (χ3v) is 4.06. The van der Waals surface area contributed by atoms with E-state index in [1.165, 1.54) is 11.0 Å². The van der Waals surface area contributed by atoms with Crippen molar-refractivity contribution >= 4 is 30.1 Å². The molecule has 1 heterocycles. The van der Waals surface area contributed by atoms with Gasteiger partial charge in [0.05, 0.1) is 24.5 Å². The molecule has 0 saturated carbocycles. The van der Waals surface area contributed by atoms with Gasteiger partial charge < -0.3 is 14.7 Å². The van der Waals surface area contributed by atoms with Crippen molar-refractivity contribution in [2.75, 3.05) is 41.8 Å². The Bertz CT molecular complexity index is 544. The highest BCUT2D eigenvalue weighted by atomic mass is 32.1. The summed E-state index contributed by atoms with van der Waals surface area (Å²) in [6.07, 6.45) is 0.680. The van der Waals surface area contributed by atoms with Crippen LogP contribution in [-0.4, -0.2) is 49.3 Å². The van der Waals surface area contributed by atoms with Crippen LogP contribution < -0.4 is 9.80 Å². The van der Waals surface area contributed by atoms with Gasteiger partial charge in [0.15, 0.2) is 0 Å². The van der Waals surface area contributed by atoms with Crippen molar-refractivity contribution in [2.24, 2.45) is 0 Å². The largest absolute Gasteiger partial charge is 0.441 e. The Balaban J connectivity index is 2.17. The van der Waals surface area contributed by atoms with E-state index in [2.05, 4.69) is 19.6 Å². The van der Waals surface area contributed by atoms with Crippen LogP contribution >= 0.6 is 12.6 Å². The normalized spacial score (nSPS) is 17.5. The number of ether oxygens (including phenoxy) is 1. The highest BCUT2D eigenvalue weighted by Gasteiger charge is 2.32. The number of amides is 1. The smallest absolute Gasteiger partial charge is 0.414 e. The van der Waals surface area contributed by atoms with Crippen molar-refractivity contribution < 1.29 is 19.0 Å². The van der Waals surface area contributed by atoms with Crippen molar-refractivity contribution in [2.45, 2.75) is 25.9 Å². The third-order valence-electron chi connectivity index (χ3n) is 3.74. The van der Waals surface area contributed by atoms with Gasteiger partial charge in [-0.2, -0.15) is 12.6 Å². The molecule has 0 bridgehead atoms. The first kappa shape index (κ1) is 17.9. The minimum atomic E-state index is -0.559. The van der Waals surface area contributed by atoms with E-state index < -0.39 is 12.2 Å². The molecule has 1 atom stereocenters. The maximum atomic E-state index is 14.5. The van der Waals surface area contributed by atoms with Crippen molar-refractivity contribution in [1.29, 1.82) is 0 Å². The quantitative estimate of drug-likeness (QED) is 0.713. The summed E-state index contributed by atoms with van der Waals surface area (Å²) in [5.41, 5.74) is 0.974. The second-order valence-corrected chi connectivity index (χ2v) is 5.95. The number of rotatable bonds is 8. The summed E-state index contributed by atoms with van der Waals surface area (Å²) < 4.78 is 19.5. The number of nitrogens with zero attached hydrogens (tertiary/aromatic N) is 2. The predicted octanol–water partition coefficient (Wildman–Crippen LogP) is 2.68. The molecule has 1 aromatic carbocycles. The summed E-state index contributed by atoms with van der Waals surface area (Å²) in [4.78, 5) is 15.1. The zero-order valence-electron chi connectivity index (χ0n) is 13.2. The molecule has 5 nitrogen and oxygen atoms in total. The first-order valence-electron chi connectivity index (χ1n) is 7.85. The van der Waals surface area contributed by atoms with Crippen LogP contribution in [0.5, 0.6) is 0 Å². The van der Waals surface area contributed by atoms with Gasteiger partial charge >= 0.3 is 6.09 Å². The molecular formula is C16H23FN2O3S. The van der Waals surface area contributed by atoms with Crippen LogP contribution in [0, 0.1) is 5.82 Å². The first-order valence-corrected chi connectivity index (χ1v) is 8.48. The van der Waals surface area contributed by atoms with Gasteiger partial charge in [0.25, 0.3) is 0 Å². The summed E-state index contributed by atoms with van der Waals surface area (Å²) in [7, 11) is 0. The summed E-state index contributed by atoms with van der Waals surface area (Å²) in [6.45, 7) is 3.55. The van der Waals surface area contributed by atoms with Crippen LogP contribution in [0.3, 0.4) is 0 Å². The lowest BCUT2D eigenvalue weighted by atomic mass is 10.2. The minimum Gasteiger partial charge on any atom is -0.441 e. The van der Waals surface area contributed by atoms with E-state index >= 15 is 0 Å². The molecule has 23 heavy (non-hydrogen) atoms. The molecule has 1 aromatic rings. The number of hydrogen-bond donors (Lipinski definition) is 2. The van der Waals surface area contributed by atoms with Crippen molar-refractivity contribution in [3.8, 4) is 0 Å². The van der Waals surface area contributed by atoms with Crippen molar-refractivity contribution in [3.05, 3.63) is 24.0 Å². The number of benzene rings is 1. The van der Waals surface area contributed by atoms with Crippen LogP contribution in [0.2, 0.25) is 0 Å². The third kappa shape index (κ3) is 4.29. The van der Waals surface area contributed by atoms with Crippen LogP contribution in [0.15, 0.2) is 18.2 Å². The minimum absolute atomic E-state index is 0.229. The molecule has 7 heteroatoms. The fourth-order valence-corrected chi connectivity index (χ4v) is 2.77. The predicted molar refractivity (Wildman–Crippen MR) is 92.1 cm³/mol. The van der Waals surface area contributed by atoms with Crippen LogP contribution in [0.4, 0.5) is 20.6 Å². The maximum Gasteiger partial charge on any atom is 0.414 e. The van der Waals surface area contributed by atoms with Gasteiger partial charge in [0.2, 0.25) is 0 Å². The van der Waals surface area contributed by atoms with Gasteiger partial charge in [-0.3, -0.25) is 4.90 Å². The van der Waals surface area contributed by atoms with Crippen LogP contribution in [0.25, 0.3) is 0 Å². The fraction of sp³-hybridized carbons (Fsp3) is 0.562. The molecule has 1 aliphatic heterocycles. The van der Waals surface area contributed by atoms with Crippen molar-refractivity contribution in [3.63, 3.8) is 0 Å². The summed E-state index contributed by atoms with van der Waals surface area (Å²) >= 11 is 4.21. The molecule has 0 aliphatic carbocycles. The molecule has 0 unspecified atom stereocenters. The first-order chi connectivity index (χ1) is 11.1. The zero-order valence-corrected chi connectivity index (χ0v) is 14.1. The zero-order chi connectivity index (χ0) is 16.8. The number of thiol groups is 1. The Hall–Kier alpha value is -1.47. The molecule has 1 amide bonds. The van der Waals surface area contributed by atoms with E-state index in [4.69, 9.17) is 9.84 Å². The Kier molecular flexibility index (Phi) is 6.53. The number of carbonyl (C=O) groups is 1. The van der Waals surface area contributed by atoms with E-state index in [0.717, 1.165) is 31.7 Å². The summed E-state index contributed by atoms with van der Waals surface area (Å²) in [6, 6.07) is 4.75. The lowest BCUT2D eigenvalue weighted by Crippen LogP contribution is -2.28. The maximum absolute atomic E-state index is 14.5. The lowest BCUT2D eigenvalue weighted by molar-refractivity contribution is 0.0963. The monoisotopic (exact) mass is 342 g/mol. The summed E-state index contributed by atoms with van der Waals surface area (Å²) in [5, 5.41) is 9.07. The highest BCUT2D eigenvalue weighted by molar-refractivity contribution is 7.80. The van der Waals surface area contributed by atoms with E-state index in [1.807, 2.05) is 4.90 Å². The molecule has 1 fully saturated rings. The molecule has 2 rings (SSSR count). The number of aliphatic hydroxyl groups is 1. The molecule has 0 radical (unpaired) electrons. The topological polar surface area (TPSA) is 53.0 Å². The van der Waals surface area contributed by atoms with E-state index in [1.54, 1.807) is 12.1 Å². The Labute approximate surface area is 141 Å². The Morgan fingerprint density at radius 3 is 2.83 bits per heavy atom. The second kappa shape index (κ2) is 8.40. The molecule has 0 aromatic heterocycles. The average molecular weight is 342 g/mol. The number of hydrogen-bond acceptors (Lipinski definition) is 5. The molecule has 128 valence electrons. The van der Waals surface area contributed by atoms with Crippen molar-refractivity contribution in [1.82, 2.24) is 0 Å². The number of anilines is 2. The van der Waals surface area contributed by atoms with E-state index in [-0.39, 0.29) is 19.0 Å². The molecule has 1 saturated heterocycles. The fourth-order valence-electron chi connectivity index (χ4n) is 2.63. The lowest BCUT2D eigenvalue weighted by Gasteiger charge is -2.25. The van der Waals surface area contributed by atoms with E-state index in [0.29, 0.717) is 11.4 Å². The van der Waals surface area contributed by atoms with Gasteiger partial charge in [0, 0.05) is 13.1 Å². The molecule has 0 spiro atoms. The van der Waals surface area contributed by atoms with Gasteiger partial charge in [-0.1, -0.05) is 6.92 Å². The van der Waals surface area contributed by atoms with Gasteiger partial charge in [-0.15, -0.1) is 0 Å². The Morgan fingerprint density at radius 1 is 1.48 bits per heavy atom. The van der Waals surface area contributed by atoms with Gasteiger partial charge in [-0.05, 0) is 36.8 Å².